The third kappa shape index (κ3) is 43.7. The van der Waals surface area contributed by atoms with Crippen LogP contribution in [-0.4, -0.2) is 53.8 Å². The molecule has 0 bridgehead atoms. The quantitative estimate of drug-likeness (QED) is 0.0263. The van der Waals surface area contributed by atoms with Crippen molar-refractivity contribution in [2.75, 3.05) is 19.8 Å². The Morgan fingerprint density at radius 1 is 0.491 bits per heavy atom. The van der Waals surface area contributed by atoms with Crippen molar-refractivity contribution in [3.05, 3.63) is 12.2 Å². The molecule has 2 unspecified atom stereocenters. The summed E-state index contributed by atoms with van der Waals surface area (Å²) in [5.41, 5.74) is 0. The maximum Gasteiger partial charge on any atom is 0.472 e. The van der Waals surface area contributed by atoms with E-state index < -0.39 is 51.5 Å². The first-order valence-electron chi connectivity index (χ1n) is 23.5. The van der Waals surface area contributed by atoms with Crippen molar-refractivity contribution in [2.24, 2.45) is 0 Å². The fraction of sp³-hybridized carbons (Fsp3) is 0.891. The second-order valence-corrected chi connectivity index (χ2v) is 17.4. The van der Waals surface area contributed by atoms with Gasteiger partial charge in [0.05, 0.1) is 19.6 Å². The van der Waals surface area contributed by atoms with Crippen LogP contribution >= 0.6 is 7.82 Å². The van der Waals surface area contributed by atoms with E-state index in [4.69, 9.17) is 19.1 Å². The average Bonchev–Trinajstić information content (AvgIpc) is 3.18. The van der Waals surface area contributed by atoms with Crippen molar-refractivity contribution in [3.63, 3.8) is 0 Å². The number of allylic oxidation sites excluding steroid dienone is 2. The summed E-state index contributed by atoms with van der Waals surface area (Å²) in [6, 6.07) is 0. The van der Waals surface area contributed by atoms with Crippen LogP contribution < -0.4 is 0 Å². The number of carbonyl (C=O) groups is 3. The number of rotatable bonds is 45. The third-order valence-corrected chi connectivity index (χ3v) is 11.3. The number of unbranched alkanes of at least 4 members (excludes halogenated alkanes) is 29. The summed E-state index contributed by atoms with van der Waals surface area (Å²) in [4.78, 5) is 45.7. The molecule has 10 nitrogen and oxygen atoms in total. The van der Waals surface area contributed by atoms with Gasteiger partial charge in [0, 0.05) is 12.8 Å². The summed E-state index contributed by atoms with van der Waals surface area (Å²) in [6.07, 6.45) is 42.5. The molecule has 0 spiro atoms. The molecule has 0 heterocycles. The van der Waals surface area contributed by atoms with E-state index in [0.717, 1.165) is 57.8 Å². The number of hydrogen-bond acceptors (Lipinski definition) is 8. The Balaban J connectivity index is 4.22. The highest BCUT2D eigenvalue weighted by Gasteiger charge is 2.26. The zero-order chi connectivity index (χ0) is 41.9. The van der Waals surface area contributed by atoms with Crippen LogP contribution in [0, 0.1) is 0 Å². The molecule has 336 valence electrons. The minimum absolute atomic E-state index is 0.175. The first-order chi connectivity index (χ1) is 27.7. The number of phosphoric ester groups is 1. The Hall–Kier alpha value is -1.74. The van der Waals surface area contributed by atoms with Gasteiger partial charge in [-0.2, -0.15) is 0 Å². The maximum absolute atomic E-state index is 12.6. The lowest BCUT2D eigenvalue weighted by atomic mass is 10.0. The van der Waals surface area contributed by atoms with Gasteiger partial charge >= 0.3 is 25.7 Å². The van der Waals surface area contributed by atoms with Crippen LogP contribution in [-0.2, 0) is 37.5 Å². The van der Waals surface area contributed by atoms with Crippen molar-refractivity contribution < 1.29 is 47.5 Å². The molecule has 0 radical (unpaired) electrons. The van der Waals surface area contributed by atoms with Gasteiger partial charge in [0.2, 0.25) is 0 Å². The lowest BCUT2D eigenvalue weighted by Gasteiger charge is -2.20. The predicted molar refractivity (Wildman–Crippen MR) is 232 cm³/mol. The standard InChI is InChI=1S/C46H87O10P/c1-3-5-7-9-11-13-15-17-19-21-23-25-27-29-31-33-35-37-45(49)53-41-43(42-55-57(51,52)54-40-39-44(47)48)56-46(50)38-36-34-32-30-28-26-24-22-20-18-16-14-12-10-8-6-4-2/h22,24,43H,3-21,23,25-42H2,1-2H3,(H,47,48)(H,51,52)/b24-22+. The molecule has 11 heteroatoms. The number of ether oxygens (including phenoxy) is 2. The molecule has 0 aromatic carbocycles. The van der Waals surface area contributed by atoms with Gasteiger partial charge < -0.3 is 19.5 Å². The van der Waals surface area contributed by atoms with Crippen molar-refractivity contribution in [1.29, 1.82) is 0 Å². The van der Waals surface area contributed by atoms with Crippen molar-refractivity contribution >= 4 is 25.7 Å². The predicted octanol–water partition coefficient (Wildman–Crippen LogP) is 13.9. The van der Waals surface area contributed by atoms with E-state index in [9.17, 15) is 23.8 Å². The van der Waals surface area contributed by atoms with Gasteiger partial charge in [0.25, 0.3) is 0 Å². The number of carbonyl (C=O) groups excluding carboxylic acids is 2. The second-order valence-electron chi connectivity index (χ2n) is 16.0. The van der Waals surface area contributed by atoms with Crippen molar-refractivity contribution in [3.8, 4) is 0 Å². The molecule has 0 fully saturated rings. The molecule has 0 saturated heterocycles. The summed E-state index contributed by atoms with van der Waals surface area (Å²) in [7, 11) is -4.60. The molecule has 0 aliphatic carbocycles. The molecule has 2 atom stereocenters. The summed E-state index contributed by atoms with van der Waals surface area (Å²) in [5.74, 6) is -2.12. The molecule has 0 aliphatic rings. The van der Waals surface area contributed by atoms with Crippen molar-refractivity contribution in [1.82, 2.24) is 0 Å². The number of aliphatic carboxylic acids is 1. The topological polar surface area (TPSA) is 146 Å². The van der Waals surface area contributed by atoms with E-state index >= 15 is 0 Å². The Bertz CT molecular complexity index is 1000. The highest BCUT2D eigenvalue weighted by atomic mass is 31.2. The van der Waals surface area contributed by atoms with Crippen LogP contribution in [0.4, 0.5) is 0 Å². The molecule has 2 N–H and O–H groups in total. The highest BCUT2D eigenvalue weighted by molar-refractivity contribution is 7.47. The molecule has 0 rings (SSSR count). The maximum atomic E-state index is 12.6. The molecule has 57 heavy (non-hydrogen) atoms. The normalized spacial score (nSPS) is 13.2. The smallest absolute Gasteiger partial charge is 0.472 e. The Kier molecular flexibility index (Phi) is 41.1. The van der Waals surface area contributed by atoms with E-state index in [0.29, 0.717) is 12.8 Å². The number of esters is 2. The molecular formula is C46H87O10P. The van der Waals surface area contributed by atoms with Crippen LogP contribution in [0.25, 0.3) is 0 Å². The lowest BCUT2D eigenvalue weighted by molar-refractivity contribution is -0.161. The second kappa shape index (κ2) is 42.4. The molecule has 0 aromatic rings. The molecule has 0 saturated carbocycles. The van der Waals surface area contributed by atoms with Gasteiger partial charge in [-0.25, -0.2) is 4.57 Å². The van der Waals surface area contributed by atoms with Gasteiger partial charge in [0.15, 0.2) is 6.10 Å². The van der Waals surface area contributed by atoms with Crippen LogP contribution in [0.3, 0.4) is 0 Å². The molecule has 0 aliphatic heterocycles. The SMILES string of the molecule is CCCCCCCCCC/C=C/CCCCCCCC(=O)OC(COC(=O)CCCCCCCCCCCCCCCCCCC)COP(=O)(O)OCCC(=O)O. The number of carboxylic acid groups (broad SMARTS) is 1. The molecule has 0 aromatic heterocycles. The minimum atomic E-state index is -4.60. The monoisotopic (exact) mass is 831 g/mol. The first kappa shape index (κ1) is 55.3. The van der Waals surface area contributed by atoms with Gasteiger partial charge in [-0.3, -0.25) is 23.4 Å². The minimum Gasteiger partial charge on any atom is -0.481 e. The van der Waals surface area contributed by atoms with Crippen LogP contribution in [0.5, 0.6) is 0 Å². The number of phosphoric acid groups is 1. The Morgan fingerprint density at radius 2 is 0.860 bits per heavy atom. The Morgan fingerprint density at radius 3 is 1.26 bits per heavy atom. The first-order valence-corrected chi connectivity index (χ1v) is 25.0. The third-order valence-electron chi connectivity index (χ3n) is 10.3. The van der Waals surface area contributed by atoms with E-state index in [-0.39, 0.29) is 19.4 Å². The van der Waals surface area contributed by atoms with E-state index in [1.54, 1.807) is 0 Å². The van der Waals surface area contributed by atoms with Crippen molar-refractivity contribution in [2.45, 2.75) is 245 Å². The Labute approximate surface area is 349 Å². The zero-order valence-corrected chi connectivity index (χ0v) is 37.6. The van der Waals surface area contributed by atoms with Crippen LogP contribution in [0.15, 0.2) is 12.2 Å². The lowest BCUT2D eigenvalue weighted by Crippen LogP contribution is -2.29. The zero-order valence-electron chi connectivity index (χ0n) is 36.7. The van der Waals surface area contributed by atoms with E-state index in [1.807, 2.05) is 0 Å². The summed E-state index contributed by atoms with van der Waals surface area (Å²) in [6.45, 7) is 3.15. The summed E-state index contributed by atoms with van der Waals surface area (Å²) in [5, 5.41) is 8.76. The molecular weight excluding hydrogens is 743 g/mol. The summed E-state index contributed by atoms with van der Waals surface area (Å²) < 4.78 is 32.7. The van der Waals surface area contributed by atoms with Gasteiger partial charge in [-0.15, -0.1) is 0 Å². The van der Waals surface area contributed by atoms with Crippen LogP contribution in [0.1, 0.15) is 239 Å². The van der Waals surface area contributed by atoms with Gasteiger partial charge in [-0.05, 0) is 38.5 Å². The number of hydrogen-bond donors (Lipinski definition) is 2. The highest BCUT2D eigenvalue weighted by Crippen LogP contribution is 2.43. The van der Waals surface area contributed by atoms with Crippen LogP contribution in [0.2, 0.25) is 0 Å². The average molecular weight is 831 g/mol. The van der Waals surface area contributed by atoms with Gasteiger partial charge in [0.1, 0.15) is 6.61 Å². The largest absolute Gasteiger partial charge is 0.481 e. The number of carboxylic acids is 1. The van der Waals surface area contributed by atoms with Gasteiger partial charge in [-0.1, -0.05) is 193 Å². The fourth-order valence-corrected chi connectivity index (χ4v) is 7.52. The summed E-state index contributed by atoms with van der Waals surface area (Å²) >= 11 is 0. The van der Waals surface area contributed by atoms with E-state index in [1.165, 1.54) is 135 Å². The fourth-order valence-electron chi connectivity index (χ4n) is 6.77. The van der Waals surface area contributed by atoms with E-state index in [2.05, 4.69) is 30.5 Å². The molecule has 0 amide bonds.